The molecule has 2 saturated carbocycles. The summed E-state index contributed by atoms with van der Waals surface area (Å²) in [7, 11) is 0. The van der Waals surface area contributed by atoms with Gasteiger partial charge in [-0.3, -0.25) is 0 Å². The first-order valence-electron chi connectivity index (χ1n) is 10.3. The maximum absolute atomic E-state index is 14.0. The standard InChI is InChI=1S/C22H29BrF4/c1-14-2-4-15(5-3-14)10-16-6-8-17(9-7-16)11-18-12-19(24)21(20(25)13-18)22(23,26)27/h12-17H,2-11H2,1H3. The van der Waals surface area contributed by atoms with Crippen LogP contribution in [0, 0.1) is 35.3 Å². The Bertz CT molecular complexity index is 601. The lowest BCUT2D eigenvalue weighted by Crippen LogP contribution is -2.21. The predicted molar refractivity (Wildman–Crippen MR) is 104 cm³/mol. The minimum Gasteiger partial charge on any atom is -0.206 e. The van der Waals surface area contributed by atoms with Crippen molar-refractivity contribution in [1.29, 1.82) is 0 Å². The van der Waals surface area contributed by atoms with Gasteiger partial charge >= 0.3 is 4.83 Å². The van der Waals surface area contributed by atoms with Crippen LogP contribution in [0.2, 0.25) is 0 Å². The molecule has 0 spiro atoms. The van der Waals surface area contributed by atoms with Gasteiger partial charge in [-0.15, -0.1) is 0 Å². The third-order valence-corrected chi connectivity index (χ3v) is 7.07. The summed E-state index contributed by atoms with van der Waals surface area (Å²) in [5, 5.41) is 0. The van der Waals surface area contributed by atoms with Crippen LogP contribution < -0.4 is 0 Å². The summed E-state index contributed by atoms with van der Waals surface area (Å²) in [6.45, 7) is 2.35. The van der Waals surface area contributed by atoms with Crippen molar-refractivity contribution in [2.45, 2.75) is 76.0 Å². The Morgan fingerprint density at radius 2 is 1.30 bits per heavy atom. The van der Waals surface area contributed by atoms with E-state index in [0.717, 1.165) is 42.7 Å². The van der Waals surface area contributed by atoms with Gasteiger partial charge in [0, 0.05) is 0 Å². The maximum Gasteiger partial charge on any atom is 0.332 e. The molecule has 1 aromatic rings. The van der Waals surface area contributed by atoms with Gasteiger partial charge in [0.05, 0.1) is 0 Å². The SMILES string of the molecule is CC1CCC(CC2CCC(Cc3cc(F)c(C(F)(F)Br)c(F)c3)CC2)CC1. The molecule has 0 amide bonds. The van der Waals surface area contributed by atoms with Gasteiger partial charge in [0.2, 0.25) is 0 Å². The van der Waals surface area contributed by atoms with Crippen molar-refractivity contribution in [3.05, 3.63) is 34.9 Å². The normalized spacial score (nSPS) is 29.7. The van der Waals surface area contributed by atoms with Gasteiger partial charge in [-0.2, -0.15) is 8.78 Å². The lowest BCUT2D eigenvalue weighted by molar-refractivity contribution is 0.105. The highest BCUT2D eigenvalue weighted by Crippen LogP contribution is 2.41. The molecule has 0 heterocycles. The van der Waals surface area contributed by atoms with E-state index in [1.807, 2.05) is 15.9 Å². The summed E-state index contributed by atoms with van der Waals surface area (Å²) >= 11 is 2.05. The third-order valence-electron chi connectivity index (χ3n) is 6.68. The first kappa shape index (κ1) is 21.1. The van der Waals surface area contributed by atoms with E-state index in [-0.39, 0.29) is 0 Å². The molecule has 2 aliphatic rings. The van der Waals surface area contributed by atoms with E-state index in [9.17, 15) is 17.6 Å². The quantitative estimate of drug-likeness (QED) is 0.316. The molecule has 1 aromatic carbocycles. The number of hydrogen-bond acceptors (Lipinski definition) is 0. The Balaban J connectivity index is 1.51. The van der Waals surface area contributed by atoms with Gasteiger partial charge in [0.1, 0.15) is 17.2 Å². The summed E-state index contributed by atoms with van der Waals surface area (Å²) in [4.78, 5) is -3.69. The number of hydrogen-bond donors (Lipinski definition) is 0. The molecule has 152 valence electrons. The van der Waals surface area contributed by atoms with Crippen molar-refractivity contribution < 1.29 is 17.6 Å². The second kappa shape index (κ2) is 8.84. The van der Waals surface area contributed by atoms with Crippen molar-refractivity contribution in [3.8, 4) is 0 Å². The molecule has 2 fully saturated rings. The number of alkyl halides is 3. The highest BCUT2D eigenvalue weighted by atomic mass is 79.9. The fourth-order valence-electron chi connectivity index (χ4n) is 5.06. The topological polar surface area (TPSA) is 0 Å². The van der Waals surface area contributed by atoms with Gasteiger partial charge in [-0.1, -0.05) is 45.4 Å². The molecule has 0 aliphatic heterocycles. The summed E-state index contributed by atoms with van der Waals surface area (Å²) in [6.07, 6.45) is 11.8. The minimum atomic E-state index is -3.69. The van der Waals surface area contributed by atoms with E-state index >= 15 is 0 Å². The second-order valence-corrected chi connectivity index (χ2v) is 9.88. The molecule has 0 radical (unpaired) electrons. The summed E-state index contributed by atoms with van der Waals surface area (Å²) in [5.74, 6) is 0.585. The van der Waals surface area contributed by atoms with Gasteiger partial charge < -0.3 is 0 Å². The zero-order valence-corrected chi connectivity index (χ0v) is 17.5. The molecule has 0 unspecified atom stereocenters. The summed E-state index contributed by atoms with van der Waals surface area (Å²) < 4.78 is 54.4. The highest BCUT2D eigenvalue weighted by molar-refractivity contribution is 9.09. The van der Waals surface area contributed by atoms with E-state index in [1.54, 1.807) is 0 Å². The minimum absolute atomic E-state index is 0.391. The van der Waals surface area contributed by atoms with E-state index < -0.39 is 22.0 Å². The van der Waals surface area contributed by atoms with Crippen LogP contribution >= 0.6 is 15.9 Å². The summed E-state index contributed by atoms with van der Waals surface area (Å²) in [6, 6.07) is 2.14. The molecule has 5 heteroatoms. The number of benzene rings is 1. The van der Waals surface area contributed by atoms with Crippen LogP contribution in [0.15, 0.2) is 12.1 Å². The Hall–Kier alpha value is -0.580. The van der Waals surface area contributed by atoms with Crippen molar-refractivity contribution in [3.63, 3.8) is 0 Å². The Morgan fingerprint density at radius 3 is 1.78 bits per heavy atom. The lowest BCUT2D eigenvalue weighted by Gasteiger charge is -2.33. The predicted octanol–water partition coefficient (Wildman–Crippen LogP) is 7.97. The average Bonchev–Trinajstić information content (AvgIpc) is 2.57. The molecule has 2 aliphatic carbocycles. The van der Waals surface area contributed by atoms with Gasteiger partial charge in [0.15, 0.2) is 0 Å². The molecular formula is C22H29BrF4. The van der Waals surface area contributed by atoms with Crippen LogP contribution in [0.5, 0.6) is 0 Å². The molecule has 0 N–H and O–H groups in total. The van der Waals surface area contributed by atoms with Crippen LogP contribution in [0.25, 0.3) is 0 Å². The van der Waals surface area contributed by atoms with E-state index in [4.69, 9.17) is 0 Å². The smallest absolute Gasteiger partial charge is 0.206 e. The molecule has 0 saturated heterocycles. The Labute approximate surface area is 168 Å². The Morgan fingerprint density at radius 1 is 0.852 bits per heavy atom. The zero-order chi connectivity index (χ0) is 19.6. The zero-order valence-electron chi connectivity index (χ0n) is 15.9. The number of rotatable bonds is 5. The van der Waals surface area contributed by atoms with Crippen LogP contribution in [0.3, 0.4) is 0 Å². The number of halogens is 5. The molecule has 27 heavy (non-hydrogen) atoms. The van der Waals surface area contributed by atoms with Crippen LogP contribution in [-0.4, -0.2) is 0 Å². The fourth-order valence-corrected chi connectivity index (χ4v) is 5.43. The molecule has 0 nitrogen and oxygen atoms in total. The molecular weight excluding hydrogens is 420 g/mol. The first-order valence-corrected chi connectivity index (χ1v) is 11.1. The van der Waals surface area contributed by atoms with E-state index in [1.165, 1.54) is 44.9 Å². The van der Waals surface area contributed by atoms with Crippen LogP contribution in [0.1, 0.15) is 75.8 Å². The molecule has 0 atom stereocenters. The third kappa shape index (κ3) is 5.71. The van der Waals surface area contributed by atoms with Crippen LogP contribution in [-0.2, 0) is 11.3 Å². The highest BCUT2D eigenvalue weighted by Gasteiger charge is 2.35. The maximum atomic E-state index is 14.0. The van der Waals surface area contributed by atoms with Crippen molar-refractivity contribution >= 4 is 15.9 Å². The van der Waals surface area contributed by atoms with Gasteiger partial charge in [-0.25, -0.2) is 8.78 Å². The molecule has 3 rings (SSSR count). The fraction of sp³-hybridized carbons (Fsp3) is 0.727. The van der Waals surface area contributed by atoms with E-state index in [2.05, 4.69) is 6.92 Å². The van der Waals surface area contributed by atoms with E-state index in [0.29, 0.717) is 17.9 Å². The first-order chi connectivity index (χ1) is 12.7. The Kier molecular flexibility index (Phi) is 6.92. The average molecular weight is 449 g/mol. The van der Waals surface area contributed by atoms with Crippen molar-refractivity contribution in [2.75, 3.05) is 0 Å². The molecule has 0 bridgehead atoms. The summed E-state index contributed by atoms with van der Waals surface area (Å²) in [5.41, 5.74) is -0.716. The second-order valence-electron chi connectivity index (χ2n) is 8.88. The van der Waals surface area contributed by atoms with Crippen molar-refractivity contribution in [2.24, 2.45) is 23.7 Å². The van der Waals surface area contributed by atoms with Crippen LogP contribution in [0.4, 0.5) is 17.6 Å². The monoisotopic (exact) mass is 448 g/mol. The van der Waals surface area contributed by atoms with Gasteiger partial charge in [0.25, 0.3) is 0 Å². The largest absolute Gasteiger partial charge is 0.332 e. The van der Waals surface area contributed by atoms with Crippen molar-refractivity contribution in [1.82, 2.24) is 0 Å². The van der Waals surface area contributed by atoms with Gasteiger partial charge in [-0.05, 0) is 83.0 Å². The lowest BCUT2D eigenvalue weighted by atomic mass is 9.72. The molecule has 0 aromatic heterocycles.